The fraction of sp³-hybridized carbons (Fsp3) is 0.400. The molecule has 2 heterocycles. The van der Waals surface area contributed by atoms with E-state index in [9.17, 15) is 4.79 Å². The first kappa shape index (κ1) is 11.1. The van der Waals surface area contributed by atoms with Gasteiger partial charge in [0.15, 0.2) is 0 Å². The maximum atomic E-state index is 11.9. The molecule has 0 aliphatic carbocycles. The van der Waals surface area contributed by atoms with Crippen molar-refractivity contribution in [3.05, 3.63) is 28.5 Å². The maximum Gasteiger partial charge on any atom is 0.273 e. The van der Waals surface area contributed by atoms with Gasteiger partial charge in [0, 0.05) is 35.0 Å². The van der Waals surface area contributed by atoms with E-state index in [-0.39, 0.29) is 5.91 Å². The van der Waals surface area contributed by atoms with Crippen molar-refractivity contribution in [2.75, 3.05) is 18.4 Å². The summed E-state index contributed by atoms with van der Waals surface area (Å²) in [5, 5.41) is 0.958. The molecule has 0 spiro atoms. The van der Waals surface area contributed by atoms with Gasteiger partial charge in [-0.1, -0.05) is 15.9 Å². The van der Waals surface area contributed by atoms with Gasteiger partial charge < -0.3 is 4.90 Å². The molecule has 0 bridgehead atoms. The summed E-state index contributed by atoms with van der Waals surface area (Å²) in [4.78, 5) is 17.8. The Morgan fingerprint density at radius 2 is 2.33 bits per heavy atom. The van der Waals surface area contributed by atoms with Gasteiger partial charge in [-0.3, -0.25) is 4.79 Å². The quantitative estimate of drug-likeness (QED) is 0.778. The SMILES string of the molecule is O=C(c1ncccc1Br)N1CC(CBr)C1. The van der Waals surface area contributed by atoms with E-state index >= 15 is 0 Å². The lowest BCUT2D eigenvalue weighted by Gasteiger charge is -2.38. The number of hydrogen-bond donors (Lipinski definition) is 0. The van der Waals surface area contributed by atoms with Crippen LogP contribution in [-0.2, 0) is 0 Å². The van der Waals surface area contributed by atoms with Gasteiger partial charge in [-0.05, 0) is 28.1 Å². The van der Waals surface area contributed by atoms with Gasteiger partial charge in [-0.25, -0.2) is 4.98 Å². The van der Waals surface area contributed by atoms with Crippen molar-refractivity contribution in [3.63, 3.8) is 0 Å². The van der Waals surface area contributed by atoms with Crippen LogP contribution in [0.25, 0.3) is 0 Å². The number of alkyl halides is 1. The summed E-state index contributed by atoms with van der Waals surface area (Å²) in [6.45, 7) is 1.65. The first-order chi connectivity index (χ1) is 7.22. The molecule has 80 valence electrons. The Kier molecular flexibility index (Phi) is 3.41. The first-order valence-corrected chi connectivity index (χ1v) is 6.59. The van der Waals surface area contributed by atoms with Crippen LogP contribution in [0, 0.1) is 5.92 Å². The molecule has 1 amide bonds. The topological polar surface area (TPSA) is 33.2 Å². The second-order valence-corrected chi connectivity index (χ2v) is 5.07. The van der Waals surface area contributed by atoms with E-state index in [1.165, 1.54) is 0 Å². The molecule has 0 radical (unpaired) electrons. The van der Waals surface area contributed by atoms with Gasteiger partial charge in [-0.15, -0.1) is 0 Å². The van der Waals surface area contributed by atoms with E-state index in [1.807, 2.05) is 11.0 Å². The van der Waals surface area contributed by atoms with Crippen LogP contribution in [0.2, 0.25) is 0 Å². The van der Waals surface area contributed by atoms with Crippen molar-refractivity contribution in [3.8, 4) is 0 Å². The molecule has 3 nitrogen and oxygen atoms in total. The summed E-state index contributed by atoms with van der Waals surface area (Å²) in [6.07, 6.45) is 1.64. The third-order valence-electron chi connectivity index (χ3n) is 2.42. The minimum absolute atomic E-state index is 0.0136. The molecule has 2 rings (SSSR count). The third kappa shape index (κ3) is 2.23. The Morgan fingerprint density at radius 3 is 2.93 bits per heavy atom. The number of amides is 1. The van der Waals surface area contributed by atoms with E-state index in [4.69, 9.17) is 0 Å². The monoisotopic (exact) mass is 332 g/mol. The summed E-state index contributed by atoms with van der Waals surface area (Å²) >= 11 is 6.74. The van der Waals surface area contributed by atoms with Crippen molar-refractivity contribution in [1.29, 1.82) is 0 Å². The molecule has 15 heavy (non-hydrogen) atoms. The third-order valence-corrected chi connectivity index (χ3v) is 3.98. The predicted octanol–water partition coefficient (Wildman–Crippen LogP) is 2.31. The number of pyridine rings is 1. The number of hydrogen-bond acceptors (Lipinski definition) is 2. The molecule has 5 heteroatoms. The van der Waals surface area contributed by atoms with Gasteiger partial charge >= 0.3 is 0 Å². The van der Waals surface area contributed by atoms with Crippen molar-refractivity contribution in [1.82, 2.24) is 9.88 Å². The van der Waals surface area contributed by atoms with Crippen LogP contribution in [0.3, 0.4) is 0 Å². The van der Waals surface area contributed by atoms with E-state index in [1.54, 1.807) is 12.3 Å². The summed E-state index contributed by atoms with van der Waals surface area (Å²) in [7, 11) is 0. The molecular weight excluding hydrogens is 324 g/mol. The largest absolute Gasteiger partial charge is 0.337 e. The van der Waals surface area contributed by atoms with Gasteiger partial charge in [0.25, 0.3) is 5.91 Å². The van der Waals surface area contributed by atoms with Crippen LogP contribution in [0.1, 0.15) is 10.5 Å². The molecule has 0 atom stereocenters. The Morgan fingerprint density at radius 1 is 1.60 bits per heavy atom. The van der Waals surface area contributed by atoms with Crippen LogP contribution in [0.4, 0.5) is 0 Å². The number of carbonyl (C=O) groups excluding carboxylic acids is 1. The zero-order valence-corrected chi connectivity index (χ0v) is 11.2. The number of likely N-dealkylation sites (tertiary alicyclic amines) is 1. The maximum absolute atomic E-state index is 11.9. The molecule has 0 unspecified atom stereocenters. The average Bonchev–Trinajstić information content (AvgIpc) is 2.16. The summed E-state index contributed by atoms with van der Waals surface area (Å²) in [6, 6.07) is 3.64. The lowest BCUT2D eigenvalue weighted by atomic mass is 10.0. The molecule has 0 saturated carbocycles. The summed E-state index contributed by atoms with van der Waals surface area (Å²) < 4.78 is 0.761. The molecule has 1 aromatic rings. The van der Waals surface area contributed by atoms with E-state index in [0.717, 1.165) is 22.9 Å². The molecule has 1 aliphatic heterocycles. The summed E-state index contributed by atoms with van der Waals surface area (Å²) in [5.41, 5.74) is 0.505. The molecule has 1 fully saturated rings. The average molecular weight is 334 g/mol. The number of carbonyl (C=O) groups is 1. The van der Waals surface area contributed by atoms with Crippen LogP contribution in [0.15, 0.2) is 22.8 Å². The summed E-state index contributed by atoms with van der Waals surface area (Å²) in [5.74, 6) is 0.608. The molecule has 0 N–H and O–H groups in total. The van der Waals surface area contributed by atoms with E-state index in [2.05, 4.69) is 36.8 Å². The lowest BCUT2D eigenvalue weighted by molar-refractivity contribution is 0.0532. The fourth-order valence-corrected chi connectivity index (χ4v) is 2.36. The fourth-order valence-electron chi connectivity index (χ4n) is 1.53. The Bertz CT molecular complexity index is 377. The molecule has 1 saturated heterocycles. The highest BCUT2D eigenvalue weighted by Gasteiger charge is 2.31. The highest BCUT2D eigenvalue weighted by Crippen LogP contribution is 2.22. The van der Waals surface area contributed by atoms with Crippen molar-refractivity contribution >= 4 is 37.8 Å². The van der Waals surface area contributed by atoms with Gasteiger partial charge in [-0.2, -0.15) is 0 Å². The normalized spacial score (nSPS) is 16.3. The zero-order valence-electron chi connectivity index (χ0n) is 7.99. The molecule has 0 aromatic carbocycles. The number of nitrogens with zero attached hydrogens (tertiary/aromatic N) is 2. The molecule has 1 aromatic heterocycles. The van der Waals surface area contributed by atoms with Gasteiger partial charge in [0.2, 0.25) is 0 Å². The van der Waals surface area contributed by atoms with Crippen LogP contribution in [0.5, 0.6) is 0 Å². The number of rotatable bonds is 2. The second-order valence-electron chi connectivity index (χ2n) is 3.56. The zero-order chi connectivity index (χ0) is 10.8. The van der Waals surface area contributed by atoms with Crippen LogP contribution < -0.4 is 0 Å². The molecule has 1 aliphatic rings. The highest BCUT2D eigenvalue weighted by molar-refractivity contribution is 9.10. The highest BCUT2D eigenvalue weighted by atomic mass is 79.9. The molecular formula is C10H10Br2N2O. The lowest BCUT2D eigenvalue weighted by Crippen LogP contribution is -2.50. The van der Waals surface area contributed by atoms with Gasteiger partial charge in [0.1, 0.15) is 5.69 Å². The minimum atomic E-state index is 0.0136. The first-order valence-electron chi connectivity index (χ1n) is 4.68. The smallest absolute Gasteiger partial charge is 0.273 e. The van der Waals surface area contributed by atoms with E-state index in [0.29, 0.717) is 11.6 Å². The Balaban J connectivity index is 2.07. The van der Waals surface area contributed by atoms with Crippen LogP contribution >= 0.6 is 31.9 Å². The Hall–Kier alpha value is -0.420. The van der Waals surface area contributed by atoms with Crippen molar-refractivity contribution in [2.24, 2.45) is 5.92 Å². The van der Waals surface area contributed by atoms with Crippen LogP contribution in [-0.4, -0.2) is 34.2 Å². The van der Waals surface area contributed by atoms with E-state index < -0.39 is 0 Å². The predicted molar refractivity (Wildman–Crippen MR) is 65.1 cm³/mol. The number of aromatic nitrogens is 1. The standard InChI is InChI=1S/C10H10Br2N2O/c11-4-7-5-14(6-7)10(15)9-8(12)2-1-3-13-9/h1-3,7H,4-6H2. The number of halogens is 2. The van der Waals surface area contributed by atoms with Gasteiger partial charge in [0.05, 0.1) is 0 Å². The van der Waals surface area contributed by atoms with Crippen molar-refractivity contribution in [2.45, 2.75) is 0 Å². The second kappa shape index (κ2) is 4.61. The minimum Gasteiger partial charge on any atom is -0.337 e. The Labute approximate surface area is 105 Å². The van der Waals surface area contributed by atoms with Crippen molar-refractivity contribution < 1.29 is 4.79 Å².